The molecule has 2 aromatic rings. The van der Waals surface area contributed by atoms with Gasteiger partial charge in [-0.2, -0.15) is 0 Å². The van der Waals surface area contributed by atoms with Gasteiger partial charge in [-0.05, 0) is 71.0 Å². The molecule has 0 aliphatic rings. The van der Waals surface area contributed by atoms with Crippen LogP contribution in [-0.4, -0.2) is 34.2 Å². The van der Waals surface area contributed by atoms with Crippen LogP contribution in [0.1, 0.15) is 46.4 Å². The van der Waals surface area contributed by atoms with E-state index >= 15 is 0 Å². The SMILES string of the molecule is CC(C)N(C(=O)C(=O)Nc1ccc(F)cc1)C(C(=O)NC(C)(C)C)c1ccco1. The van der Waals surface area contributed by atoms with E-state index in [-0.39, 0.29) is 11.4 Å². The lowest BCUT2D eigenvalue weighted by molar-refractivity contribution is -0.150. The summed E-state index contributed by atoms with van der Waals surface area (Å²) < 4.78 is 18.5. The molecule has 0 aliphatic carbocycles. The van der Waals surface area contributed by atoms with Crippen LogP contribution in [0.3, 0.4) is 0 Å². The zero-order valence-electron chi connectivity index (χ0n) is 17.2. The minimum atomic E-state index is -1.13. The smallest absolute Gasteiger partial charge is 0.313 e. The van der Waals surface area contributed by atoms with E-state index in [9.17, 15) is 18.8 Å². The van der Waals surface area contributed by atoms with Gasteiger partial charge in [-0.25, -0.2) is 4.39 Å². The fourth-order valence-corrected chi connectivity index (χ4v) is 2.76. The van der Waals surface area contributed by atoms with Crippen molar-refractivity contribution in [3.05, 3.63) is 54.2 Å². The molecule has 1 aromatic heterocycles. The fourth-order valence-electron chi connectivity index (χ4n) is 2.76. The van der Waals surface area contributed by atoms with E-state index in [1.807, 2.05) is 20.8 Å². The molecule has 1 aromatic carbocycles. The van der Waals surface area contributed by atoms with Crippen LogP contribution in [0, 0.1) is 5.82 Å². The standard InChI is InChI=1S/C21H26FN3O4/c1-13(2)25(20(28)19(27)23-15-10-8-14(22)9-11-15)17(16-7-6-12-29-16)18(26)24-21(3,4)5/h6-13,17H,1-5H3,(H,23,27)(H,24,26). The average Bonchev–Trinajstić information content (AvgIpc) is 3.13. The van der Waals surface area contributed by atoms with Crippen LogP contribution >= 0.6 is 0 Å². The van der Waals surface area contributed by atoms with E-state index in [1.165, 1.54) is 35.4 Å². The van der Waals surface area contributed by atoms with Crippen molar-refractivity contribution >= 4 is 23.4 Å². The first-order valence-corrected chi connectivity index (χ1v) is 9.24. The van der Waals surface area contributed by atoms with Crippen molar-refractivity contribution < 1.29 is 23.2 Å². The van der Waals surface area contributed by atoms with Gasteiger partial charge in [0.2, 0.25) is 0 Å². The molecule has 8 heteroatoms. The highest BCUT2D eigenvalue weighted by Gasteiger charge is 2.39. The van der Waals surface area contributed by atoms with Crippen LogP contribution < -0.4 is 10.6 Å². The number of hydrogen-bond donors (Lipinski definition) is 2. The predicted octanol–water partition coefficient (Wildman–Crippen LogP) is 3.25. The molecule has 0 saturated heterocycles. The number of carbonyl (C=O) groups excluding carboxylic acids is 3. The summed E-state index contributed by atoms with van der Waals surface area (Å²) in [5.74, 6) is -2.54. The molecule has 29 heavy (non-hydrogen) atoms. The number of furan rings is 1. The van der Waals surface area contributed by atoms with E-state index in [0.29, 0.717) is 0 Å². The van der Waals surface area contributed by atoms with Gasteiger partial charge < -0.3 is 20.0 Å². The normalized spacial score (nSPS) is 12.4. The predicted molar refractivity (Wildman–Crippen MR) is 106 cm³/mol. The molecule has 0 spiro atoms. The lowest BCUT2D eigenvalue weighted by Gasteiger charge is -2.34. The summed E-state index contributed by atoms with van der Waals surface area (Å²) in [7, 11) is 0. The second-order valence-corrected chi connectivity index (χ2v) is 7.92. The van der Waals surface area contributed by atoms with Gasteiger partial charge in [0.05, 0.1) is 6.26 Å². The Morgan fingerprint density at radius 1 is 1.07 bits per heavy atom. The Hall–Kier alpha value is -3.16. The van der Waals surface area contributed by atoms with Gasteiger partial charge in [-0.3, -0.25) is 14.4 Å². The van der Waals surface area contributed by atoms with Crippen LogP contribution in [0.5, 0.6) is 0 Å². The van der Waals surface area contributed by atoms with E-state index in [1.54, 1.807) is 26.0 Å². The second-order valence-electron chi connectivity index (χ2n) is 7.92. The van der Waals surface area contributed by atoms with Crippen molar-refractivity contribution in [3.8, 4) is 0 Å². The van der Waals surface area contributed by atoms with Crippen LogP contribution in [0.2, 0.25) is 0 Å². The number of amides is 3. The summed E-state index contributed by atoms with van der Waals surface area (Å²) in [5.41, 5.74) is -0.286. The highest BCUT2D eigenvalue weighted by Crippen LogP contribution is 2.25. The molecule has 1 atom stereocenters. The third-order valence-electron chi connectivity index (χ3n) is 3.92. The maximum atomic E-state index is 13.1. The first-order chi connectivity index (χ1) is 13.5. The summed E-state index contributed by atoms with van der Waals surface area (Å²) in [6.45, 7) is 8.83. The number of halogens is 1. The molecule has 0 saturated carbocycles. The Bertz CT molecular complexity index is 855. The summed E-state index contributed by atoms with van der Waals surface area (Å²) in [6.07, 6.45) is 1.40. The quantitative estimate of drug-likeness (QED) is 0.750. The minimum Gasteiger partial charge on any atom is -0.467 e. The third-order valence-corrected chi connectivity index (χ3v) is 3.92. The Morgan fingerprint density at radius 2 is 1.69 bits per heavy atom. The molecule has 7 nitrogen and oxygen atoms in total. The molecule has 0 aliphatic heterocycles. The molecule has 3 amide bonds. The highest BCUT2D eigenvalue weighted by atomic mass is 19.1. The van der Waals surface area contributed by atoms with E-state index in [2.05, 4.69) is 10.6 Å². The van der Waals surface area contributed by atoms with Crippen LogP contribution in [0.25, 0.3) is 0 Å². The first kappa shape index (κ1) is 22.1. The summed E-state index contributed by atoms with van der Waals surface area (Å²) in [5, 5.41) is 5.26. The van der Waals surface area contributed by atoms with Crippen molar-refractivity contribution in [2.45, 2.75) is 52.2 Å². The summed E-state index contributed by atoms with van der Waals surface area (Å²) in [6, 6.07) is 6.60. The summed E-state index contributed by atoms with van der Waals surface area (Å²) in [4.78, 5) is 39.7. The Labute approximate surface area is 169 Å². The van der Waals surface area contributed by atoms with Gasteiger partial charge in [0, 0.05) is 17.3 Å². The maximum Gasteiger partial charge on any atom is 0.313 e. The molecule has 1 unspecified atom stereocenters. The van der Waals surface area contributed by atoms with Gasteiger partial charge in [-0.1, -0.05) is 0 Å². The van der Waals surface area contributed by atoms with Gasteiger partial charge in [-0.15, -0.1) is 0 Å². The molecule has 2 rings (SSSR count). The van der Waals surface area contributed by atoms with Gasteiger partial charge >= 0.3 is 11.8 Å². The third kappa shape index (κ3) is 5.91. The van der Waals surface area contributed by atoms with Crippen LogP contribution in [0.4, 0.5) is 10.1 Å². The van der Waals surface area contributed by atoms with E-state index in [4.69, 9.17) is 4.42 Å². The number of carbonyl (C=O) groups is 3. The average molecular weight is 403 g/mol. The number of anilines is 1. The molecule has 0 fully saturated rings. The molecule has 156 valence electrons. The van der Waals surface area contributed by atoms with E-state index < -0.39 is 41.2 Å². The number of hydrogen-bond acceptors (Lipinski definition) is 4. The molecular formula is C21H26FN3O4. The largest absolute Gasteiger partial charge is 0.467 e. The maximum absolute atomic E-state index is 13.1. The lowest BCUT2D eigenvalue weighted by atomic mass is 10.1. The second kappa shape index (κ2) is 8.89. The lowest BCUT2D eigenvalue weighted by Crippen LogP contribution is -2.53. The minimum absolute atomic E-state index is 0.239. The monoisotopic (exact) mass is 403 g/mol. The number of benzene rings is 1. The summed E-state index contributed by atoms with van der Waals surface area (Å²) >= 11 is 0. The molecule has 0 bridgehead atoms. The van der Waals surface area contributed by atoms with E-state index in [0.717, 1.165) is 0 Å². The van der Waals surface area contributed by atoms with Crippen LogP contribution in [0.15, 0.2) is 47.1 Å². The first-order valence-electron chi connectivity index (χ1n) is 9.24. The van der Waals surface area contributed by atoms with Gasteiger partial charge in [0.15, 0.2) is 6.04 Å². The molecule has 2 N–H and O–H groups in total. The van der Waals surface area contributed by atoms with Gasteiger partial charge in [0.1, 0.15) is 11.6 Å². The zero-order chi connectivity index (χ0) is 21.8. The topological polar surface area (TPSA) is 91.7 Å². The molecule has 0 radical (unpaired) electrons. The number of nitrogens with one attached hydrogen (secondary N) is 2. The Kier molecular flexibility index (Phi) is 6.79. The number of nitrogens with zero attached hydrogens (tertiary/aromatic N) is 1. The number of rotatable bonds is 5. The molecule has 1 heterocycles. The van der Waals surface area contributed by atoms with Crippen molar-refractivity contribution in [3.63, 3.8) is 0 Å². The Balaban J connectivity index is 2.33. The zero-order valence-corrected chi connectivity index (χ0v) is 17.2. The van der Waals surface area contributed by atoms with Gasteiger partial charge in [0.25, 0.3) is 5.91 Å². The van der Waals surface area contributed by atoms with Crippen molar-refractivity contribution in [1.29, 1.82) is 0 Å². The highest BCUT2D eigenvalue weighted by molar-refractivity contribution is 6.40. The van der Waals surface area contributed by atoms with Crippen molar-refractivity contribution in [2.24, 2.45) is 0 Å². The Morgan fingerprint density at radius 3 is 2.17 bits per heavy atom. The van der Waals surface area contributed by atoms with Crippen molar-refractivity contribution in [2.75, 3.05) is 5.32 Å². The van der Waals surface area contributed by atoms with Crippen molar-refractivity contribution in [1.82, 2.24) is 10.2 Å². The fraction of sp³-hybridized carbons (Fsp3) is 0.381. The van der Waals surface area contributed by atoms with Crippen LogP contribution in [-0.2, 0) is 14.4 Å². The molecular weight excluding hydrogens is 377 g/mol.